The smallest absolute Gasteiger partial charge is 0.248 e. The highest BCUT2D eigenvalue weighted by Crippen LogP contribution is 2.21. The summed E-state index contributed by atoms with van der Waals surface area (Å²) in [6, 6.07) is 4.65. The highest BCUT2D eigenvalue weighted by atomic mass is 35.5. The summed E-state index contributed by atoms with van der Waals surface area (Å²) in [6.45, 7) is 1.69. The number of sulfonamides is 1. The Labute approximate surface area is 103 Å². The van der Waals surface area contributed by atoms with E-state index in [1.807, 2.05) is 0 Å². The van der Waals surface area contributed by atoms with E-state index >= 15 is 0 Å². The molecule has 1 aromatic carbocycles. The molecular formula is C9H9ClN4O2S. The molecule has 0 saturated heterocycles. The second-order valence-corrected chi connectivity index (χ2v) is 5.44. The number of aromatic amines is 1. The van der Waals surface area contributed by atoms with Gasteiger partial charge in [0.1, 0.15) is 6.33 Å². The largest absolute Gasteiger partial charge is 0.264 e. The molecule has 0 atom stereocenters. The minimum absolute atomic E-state index is 0.0596. The summed E-state index contributed by atoms with van der Waals surface area (Å²) < 4.78 is 26.3. The van der Waals surface area contributed by atoms with Gasteiger partial charge in [-0.05, 0) is 24.6 Å². The molecule has 0 fully saturated rings. The van der Waals surface area contributed by atoms with Crippen molar-refractivity contribution in [1.82, 2.24) is 15.2 Å². The Morgan fingerprint density at radius 1 is 1.41 bits per heavy atom. The zero-order valence-electron chi connectivity index (χ0n) is 8.81. The number of H-pyrrole nitrogens is 1. The molecule has 0 aliphatic rings. The molecular weight excluding hydrogens is 264 g/mol. The van der Waals surface area contributed by atoms with E-state index in [1.165, 1.54) is 12.4 Å². The van der Waals surface area contributed by atoms with E-state index in [2.05, 4.69) is 19.9 Å². The summed E-state index contributed by atoms with van der Waals surface area (Å²) in [4.78, 5) is 3.80. The molecule has 1 aromatic heterocycles. The van der Waals surface area contributed by atoms with Gasteiger partial charge in [0.2, 0.25) is 5.95 Å². The van der Waals surface area contributed by atoms with Crippen molar-refractivity contribution in [2.24, 2.45) is 0 Å². The van der Waals surface area contributed by atoms with Crippen molar-refractivity contribution in [3.8, 4) is 0 Å². The van der Waals surface area contributed by atoms with Gasteiger partial charge in [0.25, 0.3) is 10.0 Å². The van der Waals surface area contributed by atoms with E-state index in [1.54, 1.807) is 19.1 Å². The monoisotopic (exact) mass is 272 g/mol. The molecule has 0 bridgehead atoms. The molecule has 0 aliphatic carbocycles. The first-order valence-corrected chi connectivity index (χ1v) is 6.49. The van der Waals surface area contributed by atoms with Gasteiger partial charge in [-0.2, -0.15) is 10.1 Å². The molecule has 17 heavy (non-hydrogen) atoms. The van der Waals surface area contributed by atoms with E-state index in [0.29, 0.717) is 10.6 Å². The molecule has 6 nitrogen and oxygen atoms in total. The summed E-state index contributed by atoms with van der Waals surface area (Å²) in [5.41, 5.74) is 0.599. The third kappa shape index (κ3) is 2.56. The van der Waals surface area contributed by atoms with Crippen LogP contribution in [0, 0.1) is 6.92 Å². The lowest BCUT2D eigenvalue weighted by Gasteiger charge is -2.08. The lowest BCUT2D eigenvalue weighted by Crippen LogP contribution is -2.15. The quantitative estimate of drug-likeness (QED) is 0.888. The fourth-order valence-corrected chi connectivity index (χ4v) is 2.77. The van der Waals surface area contributed by atoms with Crippen LogP contribution in [0.2, 0.25) is 5.02 Å². The van der Waals surface area contributed by atoms with Crippen LogP contribution in [0.5, 0.6) is 0 Å². The number of rotatable bonds is 3. The molecule has 2 N–H and O–H groups in total. The maximum atomic E-state index is 12.0. The van der Waals surface area contributed by atoms with Crippen LogP contribution in [-0.4, -0.2) is 23.6 Å². The number of aromatic nitrogens is 3. The zero-order valence-corrected chi connectivity index (χ0v) is 10.4. The molecule has 1 heterocycles. The summed E-state index contributed by atoms with van der Waals surface area (Å²) in [7, 11) is -3.70. The molecule has 2 rings (SSSR count). The molecule has 8 heteroatoms. The SMILES string of the molecule is Cc1ccc(Cl)cc1S(=O)(=O)Nc1ncn[nH]1. The normalized spacial score (nSPS) is 11.4. The van der Waals surface area contributed by atoms with Gasteiger partial charge in [0, 0.05) is 5.02 Å². The Balaban J connectivity index is 2.41. The van der Waals surface area contributed by atoms with Gasteiger partial charge in [-0.15, -0.1) is 0 Å². The van der Waals surface area contributed by atoms with Crippen molar-refractivity contribution >= 4 is 27.6 Å². The third-order valence-electron chi connectivity index (χ3n) is 2.09. The van der Waals surface area contributed by atoms with Crippen molar-refractivity contribution in [2.75, 3.05) is 4.72 Å². The maximum absolute atomic E-state index is 12.0. The van der Waals surface area contributed by atoms with E-state index in [0.717, 1.165) is 0 Å². The lowest BCUT2D eigenvalue weighted by molar-refractivity contribution is 0.600. The van der Waals surface area contributed by atoms with Crippen LogP contribution in [0.4, 0.5) is 5.95 Å². The van der Waals surface area contributed by atoms with E-state index in [4.69, 9.17) is 11.6 Å². The number of nitrogens with zero attached hydrogens (tertiary/aromatic N) is 2. The Hall–Kier alpha value is -1.60. The molecule has 0 radical (unpaired) electrons. The summed E-state index contributed by atoms with van der Waals surface area (Å²) in [5.74, 6) is 0.0596. The molecule has 0 saturated carbocycles. The van der Waals surface area contributed by atoms with Crippen LogP contribution in [0.1, 0.15) is 5.56 Å². The van der Waals surface area contributed by atoms with E-state index in [9.17, 15) is 8.42 Å². The second kappa shape index (κ2) is 4.34. The van der Waals surface area contributed by atoms with Gasteiger partial charge < -0.3 is 0 Å². The van der Waals surface area contributed by atoms with E-state index < -0.39 is 10.0 Å². The van der Waals surface area contributed by atoms with Gasteiger partial charge >= 0.3 is 0 Å². The average Bonchev–Trinajstić information content (AvgIpc) is 2.73. The van der Waals surface area contributed by atoms with Crippen LogP contribution in [-0.2, 0) is 10.0 Å². The number of anilines is 1. The topological polar surface area (TPSA) is 87.7 Å². The van der Waals surface area contributed by atoms with E-state index in [-0.39, 0.29) is 10.8 Å². The van der Waals surface area contributed by atoms with Crippen LogP contribution in [0.15, 0.2) is 29.4 Å². The summed E-state index contributed by atoms with van der Waals surface area (Å²) >= 11 is 5.78. The van der Waals surface area contributed by atoms with Crippen LogP contribution in [0.3, 0.4) is 0 Å². The van der Waals surface area contributed by atoms with Crippen LogP contribution in [0.25, 0.3) is 0 Å². The van der Waals surface area contributed by atoms with Gasteiger partial charge in [-0.3, -0.25) is 0 Å². The van der Waals surface area contributed by atoms with Crippen molar-refractivity contribution in [1.29, 1.82) is 0 Å². The predicted molar refractivity (Wildman–Crippen MR) is 63.4 cm³/mol. The zero-order chi connectivity index (χ0) is 12.5. The molecule has 0 aliphatic heterocycles. The first kappa shape index (κ1) is 11.9. The van der Waals surface area contributed by atoms with Gasteiger partial charge in [-0.1, -0.05) is 17.7 Å². The molecule has 0 amide bonds. The Morgan fingerprint density at radius 3 is 2.82 bits per heavy atom. The lowest BCUT2D eigenvalue weighted by atomic mass is 10.2. The second-order valence-electron chi connectivity index (χ2n) is 3.35. The Bertz CT molecular complexity index is 624. The number of benzene rings is 1. The fraction of sp³-hybridized carbons (Fsp3) is 0.111. The molecule has 0 unspecified atom stereocenters. The number of halogens is 1. The average molecular weight is 273 g/mol. The highest BCUT2D eigenvalue weighted by molar-refractivity contribution is 7.92. The van der Waals surface area contributed by atoms with Crippen molar-refractivity contribution in [3.05, 3.63) is 35.1 Å². The maximum Gasteiger partial charge on any atom is 0.264 e. The summed E-state index contributed by atoms with van der Waals surface area (Å²) in [5, 5.41) is 6.32. The third-order valence-corrected chi connectivity index (χ3v) is 3.80. The first-order chi connectivity index (χ1) is 7.99. The van der Waals surface area contributed by atoms with Crippen molar-refractivity contribution < 1.29 is 8.42 Å². The van der Waals surface area contributed by atoms with Gasteiger partial charge in [-0.25, -0.2) is 18.2 Å². The number of nitrogens with one attached hydrogen (secondary N) is 2. The van der Waals surface area contributed by atoms with Crippen molar-refractivity contribution in [2.45, 2.75) is 11.8 Å². The Morgan fingerprint density at radius 2 is 2.18 bits per heavy atom. The first-order valence-electron chi connectivity index (χ1n) is 4.63. The highest BCUT2D eigenvalue weighted by Gasteiger charge is 2.18. The number of hydrogen-bond acceptors (Lipinski definition) is 4. The van der Waals surface area contributed by atoms with Crippen LogP contribution < -0.4 is 4.72 Å². The number of aryl methyl sites for hydroxylation is 1. The molecule has 2 aromatic rings. The van der Waals surface area contributed by atoms with Crippen molar-refractivity contribution in [3.63, 3.8) is 0 Å². The van der Waals surface area contributed by atoms with Gasteiger partial charge in [0.15, 0.2) is 0 Å². The minimum atomic E-state index is -3.70. The van der Waals surface area contributed by atoms with Gasteiger partial charge in [0.05, 0.1) is 4.90 Å². The molecule has 0 spiro atoms. The predicted octanol–water partition coefficient (Wildman–Crippen LogP) is 1.57. The standard InChI is InChI=1S/C9H9ClN4O2S/c1-6-2-3-7(10)4-8(6)17(15,16)14-9-11-5-12-13-9/h2-5H,1H3,(H2,11,12,13,14). The number of hydrogen-bond donors (Lipinski definition) is 2. The molecule has 90 valence electrons. The Kier molecular flexibility index (Phi) is 3.03. The minimum Gasteiger partial charge on any atom is -0.248 e. The van der Waals surface area contributed by atoms with Crippen LogP contribution >= 0.6 is 11.6 Å². The fourth-order valence-electron chi connectivity index (χ4n) is 1.30. The summed E-state index contributed by atoms with van der Waals surface area (Å²) in [6.07, 6.45) is 1.21.